The highest BCUT2D eigenvalue weighted by molar-refractivity contribution is 5.83. The van der Waals surface area contributed by atoms with Gasteiger partial charge in [-0.1, -0.05) is 6.07 Å². The summed E-state index contributed by atoms with van der Waals surface area (Å²) in [4.78, 5) is 22.7. The molecule has 1 N–H and O–H groups in total. The van der Waals surface area contributed by atoms with Crippen molar-refractivity contribution in [1.29, 1.82) is 0 Å². The number of aliphatic carboxylic acids is 1. The van der Waals surface area contributed by atoms with Gasteiger partial charge in [0, 0.05) is 7.11 Å². The summed E-state index contributed by atoms with van der Waals surface area (Å²) in [6.45, 7) is 1.45. The van der Waals surface area contributed by atoms with Crippen LogP contribution in [-0.2, 0) is 19.1 Å². The second kappa shape index (κ2) is 6.95. The topological polar surface area (TPSA) is 72.8 Å². The van der Waals surface area contributed by atoms with Crippen LogP contribution in [0.2, 0.25) is 0 Å². The zero-order chi connectivity index (χ0) is 15.3. The van der Waals surface area contributed by atoms with E-state index >= 15 is 0 Å². The minimum Gasteiger partial charge on any atom is -0.481 e. The molecular weight excluding hydrogens is 274 g/mol. The molecule has 0 spiro atoms. The number of carboxylic acids is 1. The van der Waals surface area contributed by atoms with Gasteiger partial charge in [0.2, 0.25) is 0 Å². The minimum absolute atomic E-state index is 0.0274. The summed E-state index contributed by atoms with van der Waals surface area (Å²) in [5.74, 6) is -5.62. The normalized spacial score (nSPS) is 13.6. The summed E-state index contributed by atoms with van der Waals surface area (Å²) in [5.41, 5.74) is 0.0274. The lowest BCUT2D eigenvalue weighted by molar-refractivity contribution is -0.173. The fourth-order valence-electron chi connectivity index (χ4n) is 1.53. The molecule has 0 bridgehead atoms. The van der Waals surface area contributed by atoms with Crippen molar-refractivity contribution in [3.8, 4) is 0 Å². The number of ether oxygens (including phenoxy) is 2. The van der Waals surface area contributed by atoms with Gasteiger partial charge in [0.1, 0.15) is 0 Å². The molecule has 7 heteroatoms. The maximum Gasteiger partial charge on any atom is 0.316 e. The van der Waals surface area contributed by atoms with Gasteiger partial charge in [-0.05, 0) is 24.6 Å². The molecule has 1 rings (SSSR count). The number of carboxylic acid groups (broad SMARTS) is 1. The molecule has 110 valence electrons. The predicted molar refractivity (Wildman–Crippen MR) is 63.9 cm³/mol. The van der Waals surface area contributed by atoms with Crippen molar-refractivity contribution in [2.75, 3.05) is 7.11 Å². The molecule has 0 amide bonds. The Morgan fingerprint density at radius 1 is 1.30 bits per heavy atom. The molecule has 2 unspecified atom stereocenters. The Morgan fingerprint density at radius 2 is 1.95 bits per heavy atom. The fourth-order valence-corrected chi connectivity index (χ4v) is 1.53. The maximum atomic E-state index is 13.2. The van der Waals surface area contributed by atoms with Gasteiger partial charge in [0.25, 0.3) is 0 Å². The highest BCUT2D eigenvalue weighted by atomic mass is 19.2. The number of esters is 1. The first-order valence-electron chi connectivity index (χ1n) is 5.75. The van der Waals surface area contributed by atoms with Crippen LogP contribution < -0.4 is 0 Å². The first-order chi connectivity index (χ1) is 9.35. The molecule has 0 aliphatic carbocycles. The summed E-state index contributed by atoms with van der Waals surface area (Å²) in [6.07, 6.45) is -1.47. The van der Waals surface area contributed by atoms with Crippen LogP contribution in [0.25, 0.3) is 0 Å². The molecular formula is C13H14F2O5. The van der Waals surface area contributed by atoms with E-state index in [9.17, 15) is 18.4 Å². The van der Waals surface area contributed by atoms with Crippen LogP contribution in [0.4, 0.5) is 8.78 Å². The van der Waals surface area contributed by atoms with Gasteiger partial charge in [-0.2, -0.15) is 0 Å². The quantitative estimate of drug-likeness (QED) is 0.640. The van der Waals surface area contributed by atoms with Crippen LogP contribution in [-0.4, -0.2) is 30.4 Å². The summed E-state index contributed by atoms with van der Waals surface area (Å²) in [6, 6.07) is 2.75. The molecule has 2 atom stereocenters. The third-order valence-electron chi connectivity index (χ3n) is 2.62. The highest BCUT2D eigenvalue weighted by Gasteiger charge is 2.27. The van der Waals surface area contributed by atoms with Crippen molar-refractivity contribution in [2.45, 2.75) is 25.6 Å². The molecule has 1 aromatic carbocycles. The van der Waals surface area contributed by atoms with Gasteiger partial charge in [-0.15, -0.1) is 0 Å². The summed E-state index contributed by atoms with van der Waals surface area (Å²) < 4.78 is 35.6. The van der Waals surface area contributed by atoms with Crippen LogP contribution in [0.3, 0.4) is 0 Å². The Hall–Kier alpha value is -2.02. The van der Waals surface area contributed by atoms with E-state index in [-0.39, 0.29) is 5.56 Å². The lowest BCUT2D eigenvalue weighted by Crippen LogP contribution is -2.24. The number of hydrogen-bond donors (Lipinski definition) is 1. The second-order valence-corrected chi connectivity index (χ2v) is 4.06. The molecule has 0 saturated carbocycles. The Labute approximate surface area is 114 Å². The van der Waals surface area contributed by atoms with Crippen LogP contribution in [0.1, 0.15) is 24.8 Å². The van der Waals surface area contributed by atoms with Gasteiger partial charge in [0.15, 0.2) is 17.9 Å². The van der Waals surface area contributed by atoms with E-state index in [1.165, 1.54) is 14.0 Å². The minimum atomic E-state index is -1.26. The molecule has 0 radical (unpaired) electrons. The van der Waals surface area contributed by atoms with E-state index in [2.05, 4.69) is 0 Å². The number of benzene rings is 1. The Bertz CT molecular complexity index is 504. The summed E-state index contributed by atoms with van der Waals surface area (Å²) in [5, 5.41) is 8.80. The zero-order valence-corrected chi connectivity index (χ0v) is 10.9. The average molecular weight is 288 g/mol. The fraction of sp³-hybridized carbons (Fsp3) is 0.385. The predicted octanol–water partition coefficient (Wildman–Crippen LogP) is 2.06. The Kier molecular flexibility index (Phi) is 5.57. The van der Waals surface area contributed by atoms with Crippen molar-refractivity contribution >= 4 is 11.9 Å². The molecule has 0 aliphatic heterocycles. The van der Waals surface area contributed by atoms with Gasteiger partial charge in [0.05, 0.1) is 12.3 Å². The molecule has 0 aliphatic rings. The number of carbonyl (C=O) groups excluding carboxylic acids is 1. The lowest BCUT2D eigenvalue weighted by atomic mass is 9.95. The Balaban J connectivity index is 3.01. The van der Waals surface area contributed by atoms with Gasteiger partial charge >= 0.3 is 11.9 Å². The van der Waals surface area contributed by atoms with E-state index in [0.29, 0.717) is 0 Å². The molecule has 0 fully saturated rings. The van der Waals surface area contributed by atoms with Crippen molar-refractivity contribution < 1.29 is 33.0 Å². The zero-order valence-electron chi connectivity index (χ0n) is 10.9. The van der Waals surface area contributed by atoms with Crippen molar-refractivity contribution in [3.63, 3.8) is 0 Å². The number of rotatable bonds is 6. The van der Waals surface area contributed by atoms with Crippen LogP contribution in [0.5, 0.6) is 0 Å². The van der Waals surface area contributed by atoms with Crippen LogP contribution in [0, 0.1) is 11.6 Å². The van der Waals surface area contributed by atoms with Crippen LogP contribution in [0.15, 0.2) is 18.2 Å². The molecule has 5 nitrogen and oxygen atoms in total. The SMILES string of the molecule is COC(C)OC(=O)C(CC(=O)O)c1ccc(F)c(F)c1. The molecule has 0 saturated heterocycles. The van der Waals surface area contributed by atoms with Gasteiger partial charge < -0.3 is 14.6 Å². The molecule has 20 heavy (non-hydrogen) atoms. The van der Waals surface area contributed by atoms with E-state index in [4.69, 9.17) is 14.6 Å². The van der Waals surface area contributed by atoms with E-state index in [1.54, 1.807) is 0 Å². The smallest absolute Gasteiger partial charge is 0.316 e. The molecule has 0 aromatic heterocycles. The van der Waals surface area contributed by atoms with E-state index in [1.807, 2.05) is 0 Å². The highest BCUT2D eigenvalue weighted by Crippen LogP contribution is 2.24. The lowest BCUT2D eigenvalue weighted by Gasteiger charge is -2.17. The monoisotopic (exact) mass is 288 g/mol. The number of hydrogen-bond acceptors (Lipinski definition) is 4. The number of carbonyl (C=O) groups is 2. The Morgan fingerprint density at radius 3 is 2.45 bits per heavy atom. The maximum absolute atomic E-state index is 13.2. The standard InChI is InChI=1S/C13H14F2O5/c1-7(19-2)20-13(18)9(6-12(16)17)8-3-4-10(14)11(15)5-8/h3-5,7,9H,6H2,1-2H3,(H,16,17). The molecule has 0 heterocycles. The van der Waals surface area contributed by atoms with Crippen molar-refractivity contribution in [3.05, 3.63) is 35.4 Å². The molecule has 1 aromatic rings. The van der Waals surface area contributed by atoms with E-state index < -0.39 is 42.2 Å². The third kappa shape index (κ3) is 4.27. The van der Waals surface area contributed by atoms with E-state index in [0.717, 1.165) is 18.2 Å². The van der Waals surface area contributed by atoms with Gasteiger partial charge in [-0.25, -0.2) is 8.78 Å². The number of halogens is 2. The summed E-state index contributed by atoms with van der Waals surface area (Å²) >= 11 is 0. The first kappa shape index (κ1) is 16.0. The van der Waals surface area contributed by atoms with Crippen molar-refractivity contribution in [1.82, 2.24) is 0 Å². The summed E-state index contributed by atoms with van der Waals surface area (Å²) in [7, 11) is 1.31. The largest absolute Gasteiger partial charge is 0.481 e. The van der Waals surface area contributed by atoms with Gasteiger partial charge in [-0.3, -0.25) is 9.59 Å². The average Bonchev–Trinajstić information content (AvgIpc) is 2.38. The number of methoxy groups -OCH3 is 1. The van der Waals surface area contributed by atoms with Crippen molar-refractivity contribution in [2.24, 2.45) is 0 Å². The first-order valence-corrected chi connectivity index (χ1v) is 5.75. The van der Waals surface area contributed by atoms with Crippen LogP contribution >= 0.6 is 0 Å². The second-order valence-electron chi connectivity index (χ2n) is 4.06. The third-order valence-corrected chi connectivity index (χ3v) is 2.62.